The van der Waals surface area contributed by atoms with Crippen LogP contribution in [0.1, 0.15) is 33.6 Å². The van der Waals surface area contributed by atoms with Crippen LogP contribution < -0.4 is 11.3 Å². The molecule has 1 unspecified atom stereocenters. The third-order valence-corrected chi connectivity index (χ3v) is 4.44. The molecule has 0 radical (unpaired) electrons. The molecule has 21 heavy (non-hydrogen) atoms. The fourth-order valence-corrected chi connectivity index (χ4v) is 2.97. The molecule has 114 valence electrons. The van der Waals surface area contributed by atoms with Crippen molar-refractivity contribution in [1.29, 1.82) is 0 Å². The van der Waals surface area contributed by atoms with Crippen molar-refractivity contribution in [2.75, 3.05) is 0 Å². The molecule has 0 aliphatic rings. The minimum absolute atomic E-state index is 0.214. The summed E-state index contributed by atoms with van der Waals surface area (Å²) in [5.41, 5.74) is 10.6. The lowest BCUT2D eigenvalue weighted by molar-refractivity contribution is 0.518. The predicted octanol–water partition coefficient (Wildman–Crippen LogP) is 2.27. The molecule has 2 rings (SSSR count). The smallest absolute Gasteiger partial charge is 0.0628 e. The Labute approximate surface area is 127 Å². The molecule has 0 spiro atoms. The number of aryl methyl sites for hydroxylation is 4. The summed E-state index contributed by atoms with van der Waals surface area (Å²) >= 11 is 0. The number of benzene rings is 1. The molecule has 0 fully saturated rings. The van der Waals surface area contributed by atoms with Gasteiger partial charge in [-0.05, 0) is 62.8 Å². The molecule has 1 atom stereocenters. The Morgan fingerprint density at radius 2 is 1.67 bits per heavy atom. The van der Waals surface area contributed by atoms with Crippen LogP contribution in [0.3, 0.4) is 0 Å². The number of nitrogens with two attached hydrogens (primary N) is 1. The molecule has 1 aromatic heterocycles. The first-order chi connectivity index (χ1) is 9.93. The normalized spacial score (nSPS) is 12.7. The Hall–Kier alpha value is -1.65. The maximum Gasteiger partial charge on any atom is 0.0628 e. The summed E-state index contributed by atoms with van der Waals surface area (Å²) in [4.78, 5) is 0. The Kier molecular flexibility index (Phi) is 4.80. The zero-order valence-corrected chi connectivity index (χ0v) is 13.7. The summed E-state index contributed by atoms with van der Waals surface area (Å²) < 4.78 is 1.94. The van der Waals surface area contributed by atoms with E-state index in [1.807, 2.05) is 11.7 Å². The summed E-state index contributed by atoms with van der Waals surface area (Å²) in [5.74, 6) is 5.80. The third-order valence-electron chi connectivity index (χ3n) is 4.44. The average Bonchev–Trinajstić information content (AvgIpc) is 2.67. The fraction of sp³-hybridized carbons (Fsp3) is 0.471. The highest BCUT2D eigenvalue weighted by atomic mass is 15.3. The van der Waals surface area contributed by atoms with Crippen molar-refractivity contribution in [1.82, 2.24) is 15.2 Å². The van der Waals surface area contributed by atoms with Crippen molar-refractivity contribution in [2.24, 2.45) is 12.9 Å². The van der Waals surface area contributed by atoms with Gasteiger partial charge in [0.1, 0.15) is 0 Å². The van der Waals surface area contributed by atoms with Gasteiger partial charge in [-0.15, -0.1) is 0 Å². The number of hydrazine groups is 1. The molecule has 0 saturated carbocycles. The maximum atomic E-state index is 5.80. The van der Waals surface area contributed by atoms with Gasteiger partial charge in [-0.3, -0.25) is 16.0 Å². The van der Waals surface area contributed by atoms with Gasteiger partial charge in [0, 0.05) is 18.8 Å². The van der Waals surface area contributed by atoms with Gasteiger partial charge in [0.05, 0.1) is 5.69 Å². The lowest BCUT2D eigenvalue weighted by Gasteiger charge is -2.19. The Morgan fingerprint density at radius 3 is 2.14 bits per heavy atom. The summed E-state index contributed by atoms with van der Waals surface area (Å²) in [5, 5.41) is 4.49. The Balaban J connectivity index is 2.21. The van der Waals surface area contributed by atoms with Gasteiger partial charge >= 0.3 is 0 Å². The van der Waals surface area contributed by atoms with Crippen LogP contribution in [0.15, 0.2) is 18.2 Å². The minimum Gasteiger partial charge on any atom is -0.272 e. The molecular weight excluding hydrogens is 260 g/mol. The van der Waals surface area contributed by atoms with E-state index in [1.54, 1.807) is 0 Å². The van der Waals surface area contributed by atoms with Crippen molar-refractivity contribution in [3.05, 3.63) is 51.8 Å². The fourth-order valence-electron chi connectivity index (χ4n) is 2.97. The van der Waals surface area contributed by atoms with Gasteiger partial charge in [-0.25, -0.2) is 0 Å². The van der Waals surface area contributed by atoms with Crippen LogP contribution in [0, 0.1) is 27.7 Å². The number of nitrogens with one attached hydrogen (secondary N) is 1. The van der Waals surface area contributed by atoms with Crippen molar-refractivity contribution in [3.63, 3.8) is 0 Å². The molecular formula is C17H26N4. The topological polar surface area (TPSA) is 55.9 Å². The zero-order valence-electron chi connectivity index (χ0n) is 13.7. The number of nitrogens with zero attached hydrogens (tertiary/aromatic N) is 2. The molecule has 3 N–H and O–H groups in total. The molecule has 0 amide bonds. The molecule has 4 nitrogen and oxygen atoms in total. The van der Waals surface area contributed by atoms with Gasteiger partial charge in [-0.1, -0.05) is 18.2 Å². The number of hydrogen-bond donors (Lipinski definition) is 2. The van der Waals surface area contributed by atoms with Gasteiger partial charge in [0.25, 0.3) is 0 Å². The van der Waals surface area contributed by atoms with Crippen molar-refractivity contribution in [2.45, 2.75) is 46.6 Å². The second-order valence-corrected chi connectivity index (χ2v) is 5.92. The SMILES string of the molecule is Cc1cccc(C)c1CC(Cc1c(C)nn(C)c1C)NN. The van der Waals surface area contributed by atoms with Crippen molar-refractivity contribution >= 4 is 0 Å². The van der Waals surface area contributed by atoms with E-state index in [4.69, 9.17) is 5.84 Å². The first-order valence-electron chi connectivity index (χ1n) is 7.44. The van der Waals surface area contributed by atoms with Gasteiger partial charge < -0.3 is 0 Å². The summed E-state index contributed by atoms with van der Waals surface area (Å²) in [6.07, 6.45) is 1.83. The minimum atomic E-state index is 0.214. The molecule has 1 aromatic carbocycles. The van der Waals surface area contributed by atoms with Crippen LogP contribution in [0.5, 0.6) is 0 Å². The second kappa shape index (κ2) is 6.41. The first kappa shape index (κ1) is 15.7. The van der Waals surface area contributed by atoms with E-state index in [-0.39, 0.29) is 6.04 Å². The Morgan fingerprint density at radius 1 is 1.10 bits per heavy atom. The molecule has 2 aromatic rings. The van der Waals surface area contributed by atoms with Crippen molar-refractivity contribution < 1.29 is 0 Å². The van der Waals surface area contributed by atoms with E-state index in [0.717, 1.165) is 18.5 Å². The van der Waals surface area contributed by atoms with Crippen LogP contribution in [0.4, 0.5) is 0 Å². The van der Waals surface area contributed by atoms with E-state index in [2.05, 4.69) is 56.4 Å². The lowest BCUT2D eigenvalue weighted by atomic mass is 9.93. The van der Waals surface area contributed by atoms with E-state index in [9.17, 15) is 0 Å². The average molecular weight is 286 g/mol. The summed E-state index contributed by atoms with van der Waals surface area (Å²) in [6.45, 7) is 8.50. The van der Waals surface area contributed by atoms with E-state index in [0.29, 0.717) is 0 Å². The van der Waals surface area contributed by atoms with Crippen LogP contribution in [-0.2, 0) is 19.9 Å². The van der Waals surface area contributed by atoms with Crippen molar-refractivity contribution in [3.8, 4) is 0 Å². The first-order valence-corrected chi connectivity index (χ1v) is 7.44. The van der Waals surface area contributed by atoms with E-state index < -0.39 is 0 Å². The summed E-state index contributed by atoms with van der Waals surface area (Å²) in [7, 11) is 1.99. The van der Waals surface area contributed by atoms with E-state index >= 15 is 0 Å². The molecule has 4 heteroatoms. The van der Waals surface area contributed by atoms with Crippen LogP contribution in [0.25, 0.3) is 0 Å². The standard InChI is InChI=1S/C17H26N4/c1-11-7-6-8-12(2)16(11)9-15(19-18)10-17-13(3)20-21(5)14(17)4/h6-8,15,19H,9-10,18H2,1-5H3. The molecule has 0 aliphatic carbocycles. The number of rotatable bonds is 5. The molecule has 1 heterocycles. The number of aromatic nitrogens is 2. The monoisotopic (exact) mass is 286 g/mol. The Bertz CT molecular complexity index is 608. The van der Waals surface area contributed by atoms with Gasteiger partial charge in [0.15, 0.2) is 0 Å². The predicted molar refractivity (Wildman–Crippen MR) is 87.1 cm³/mol. The third kappa shape index (κ3) is 3.34. The van der Waals surface area contributed by atoms with Gasteiger partial charge in [-0.2, -0.15) is 5.10 Å². The van der Waals surface area contributed by atoms with Crippen LogP contribution in [-0.4, -0.2) is 15.8 Å². The highest BCUT2D eigenvalue weighted by Crippen LogP contribution is 2.19. The quantitative estimate of drug-likeness (QED) is 0.655. The second-order valence-electron chi connectivity index (χ2n) is 5.92. The highest BCUT2D eigenvalue weighted by molar-refractivity contribution is 5.35. The van der Waals surface area contributed by atoms with Gasteiger partial charge in [0.2, 0.25) is 0 Å². The lowest BCUT2D eigenvalue weighted by Crippen LogP contribution is -2.39. The molecule has 0 bridgehead atoms. The van der Waals surface area contributed by atoms with E-state index in [1.165, 1.54) is 27.9 Å². The highest BCUT2D eigenvalue weighted by Gasteiger charge is 2.17. The van der Waals surface area contributed by atoms with Crippen LogP contribution in [0.2, 0.25) is 0 Å². The summed E-state index contributed by atoms with van der Waals surface area (Å²) in [6, 6.07) is 6.65. The number of hydrogen-bond acceptors (Lipinski definition) is 3. The molecule has 0 saturated heterocycles. The largest absolute Gasteiger partial charge is 0.272 e. The van der Waals surface area contributed by atoms with Crippen LogP contribution >= 0.6 is 0 Å². The zero-order chi connectivity index (χ0) is 15.6. The maximum absolute atomic E-state index is 5.80. The molecule has 0 aliphatic heterocycles.